The summed E-state index contributed by atoms with van der Waals surface area (Å²) in [5.74, 6) is -0.287. The molecular formula is C16H21BrN2O3S. The van der Waals surface area contributed by atoms with Crippen LogP contribution in [0.1, 0.15) is 31.2 Å². The van der Waals surface area contributed by atoms with Crippen molar-refractivity contribution in [1.82, 2.24) is 9.62 Å². The number of benzene rings is 1. The molecule has 1 atom stereocenters. The third-order valence-electron chi connectivity index (χ3n) is 4.73. The van der Waals surface area contributed by atoms with Crippen LogP contribution in [0.3, 0.4) is 0 Å². The van der Waals surface area contributed by atoms with Crippen molar-refractivity contribution in [2.75, 3.05) is 19.3 Å². The third kappa shape index (κ3) is 3.78. The van der Waals surface area contributed by atoms with Crippen LogP contribution in [-0.2, 0) is 20.4 Å². The van der Waals surface area contributed by atoms with E-state index in [1.807, 2.05) is 24.3 Å². The number of rotatable bonds is 4. The van der Waals surface area contributed by atoms with Gasteiger partial charge in [0.1, 0.15) is 0 Å². The Morgan fingerprint density at radius 2 is 1.96 bits per heavy atom. The molecule has 1 aromatic rings. The van der Waals surface area contributed by atoms with E-state index in [1.165, 1.54) is 10.6 Å². The number of nitrogens with zero attached hydrogens (tertiary/aromatic N) is 1. The molecule has 0 unspecified atom stereocenters. The van der Waals surface area contributed by atoms with Crippen molar-refractivity contribution < 1.29 is 13.2 Å². The van der Waals surface area contributed by atoms with E-state index in [0.717, 1.165) is 35.7 Å². The van der Waals surface area contributed by atoms with E-state index in [1.54, 1.807) is 0 Å². The highest BCUT2D eigenvalue weighted by Gasteiger charge is 2.46. The highest BCUT2D eigenvalue weighted by atomic mass is 79.9. The van der Waals surface area contributed by atoms with Gasteiger partial charge in [-0.05, 0) is 43.4 Å². The molecule has 7 heteroatoms. The topological polar surface area (TPSA) is 66.5 Å². The Labute approximate surface area is 145 Å². The minimum absolute atomic E-state index is 0.0289. The minimum Gasteiger partial charge on any atom is -0.346 e. The lowest BCUT2D eigenvalue weighted by atomic mass is 9.97. The molecular weight excluding hydrogens is 380 g/mol. The standard InChI is InChI=1S/C16H21BrN2O3S/c1-23(21,22)19-10-2-3-12(11-19)15(20)18-16(8-9-16)13-4-6-14(17)7-5-13/h4-7,12H,2-3,8-11H2,1H3,(H,18,20)/t12-/m0/s1. The fraction of sp³-hybridized carbons (Fsp3) is 0.562. The minimum atomic E-state index is -3.23. The lowest BCUT2D eigenvalue weighted by molar-refractivity contribution is -0.127. The van der Waals surface area contributed by atoms with Gasteiger partial charge in [-0.3, -0.25) is 4.79 Å². The summed E-state index contributed by atoms with van der Waals surface area (Å²) < 4.78 is 25.8. The summed E-state index contributed by atoms with van der Waals surface area (Å²) in [6.45, 7) is 0.807. The SMILES string of the molecule is CS(=O)(=O)N1CCC[C@H](C(=O)NC2(c3ccc(Br)cc3)CC2)C1. The normalized spacial score (nSPS) is 24.2. The Morgan fingerprint density at radius 1 is 1.30 bits per heavy atom. The van der Waals surface area contributed by atoms with Crippen LogP contribution in [0, 0.1) is 5.92 Å². The first-order valence-electron chi connectivity index (χ1n) is 7.83. The van der Waals surface area contributed by atoms with E-state index >= 15 is 0 Å². The molecule has 0 radical (unpaired) electrons. The summed E-state index contributed by atoms with van der Waals surface area (Å²) in [6, 6.07) is 8.02. The molecule has 23 heavy (non-hydrogen) atoms. The molecule has 5 nitrogen and oxygen atoms in total. The van der Waals surface area contributed by atoms with Gasteiger partial charge in [-0.25, -0.2) is 12.7 Å². The highest BCUT2D eigenvalue weighted by Crippen LogP contribution is 2.46. The second-order valence-electron chi connectivity index (χ2n) is 6.54. The molecule has 2 fully saturated rings. The molecule has 1 saturated carbocycles. The molecule has 1 N–H and O–H groups in total. The lowest BCUT2D eigenvalue weighted by Gasteiger charge is -2.31. The van der Waals surface area contributed by atoms with Crippen molar-refractivity contribution in [3.05, 3.63) is 34.3 Å². The van der Waals surface area contributed by atoms with Gasteiger partial charge in [-0.1, -0.05) is 28.1 Å². The van der Waals surface area contributed by atoms with Crippen LogP contribution < -0.4 is 5.32 Å². The number of amides is 1. The molecule has 1 aromatic carbocycles. The quantitative estimate of drug-likeness (QED) is 0.842. The number of halogens is 1. The number of carbonyl (C=O) groups excluding carboxylic acids is 1. The Balaban J connectivity index is 1.68. The van der Waals surface area contributed by atoms with Gasteiger partial charge in [0, 0.05) is 17.6 Å². The van der Waals surface area contributed by atoms with Crippen molar-refractivity contribution in [1.29, 1.82) is 0 Å². The average molecular weight is 401 g/mol. The number of piperidine rings is 1. The average Bonchev–Trinajstić information content (AvgIpc) is 3.28. The number of nitrogens with one attached hydrogen (secondary N) is 1. The summed E-state index contributed by atoms with van der Waals surface area (Å²) in [4.78, 5) is 12.6. The lowest BCUT2D eigenvalue weighted by Crippen LogP contribution is -2.47. The summed E-state index contributed by atoms with van der Waals surface area (Å²) in [5, 5.41) is 3.17. The summed E-state index contributed by atoms with van der Waals surface area (Å²) >= 11 is 3.42. The van der Waals surface area contributed by atoms with E-state index < -0.39 is 10.0 Å². The Hall–Kier alpha value is -0.920. The van der Waals surface area contributed by atoms with Crippen molar-refractivity contribution >= 4 is 31.9 Å². The Bertz CT molecular complexity index is 699. The van der Waals surface area contributed by atoms with Crippen molar-refractivity contribution in [2.45, 2.75) is 31.2 Å². The molecule has 1 saturated heterocycles. The third-order valence-corrected chi connectivity index (χ3v) is 6.53. The number of carbonyl (C=O) groups is 1. The number of hydrogen-bond acceptors (Lipinski definition) is 3. The zero-order valence-corrected chi connectivity index (χ0v) is 15.5. The summed E-state index contributed by atoms with van der Waals surface area (Å²) in [6.07, 6.45) is 4.55. The van der Waals surface area contributed by atoms with E-state index in [0.29, 0.717) is 13.1 Å². The van der Waals surface area contributed by atoms with Gasteiger partial charge in [0.05, 0.1) is 17.7 Å². The molecule has 0 aromatic heterocycles. The van der Waals surface area contributed by atoms with Gasteiger partial charge >= 0.3 is 0 Å². The number of hydrogen-bond donors (Lipinski definition) is 1. The molecule has 1 heterocycles. The maximum atomic E-state index is 12.6. The first kappa shape index (κ1) is 16.9. The van der Waals surface area contributed by atoms with E-state index in [2.05, 4.69) is 21.2 Å². The van der Waals surface area contributed by atoms with Gasteiger partial charge in [-0.15, -0.1) is 0 Å². The van der Waals surface area contributed by atoms with Crippen LogP contribution in [0.15, 0.2) is 28.7 Å². The van der Waals surface area contributed by atoms with Crippen LogP contribution in [0.25, 0.3) is 0 Å². The van der Waals surface area contributed by atoms with E-state index in [4.69, 9.17) is 0 Å². The first-order valence-corrected chi connectivity index (χ1v) is 10.5. The predicted molar refractivity (Wildman–Crippen MR) is 92.3 cm³/mol. The zero-order valence-electron chi connectivity index (χ0n) is 13.1. The zero-order chi connectivity index (χ0) is 16.7. The largest absolute Gasteiger partial charge is 0.346 e. The van der Waals surface area contributed by atoms with Crippen molar-refractivity contribution in [3.8, 4) is 0 Å². The second-order valence-corrected chi connectivity index (χ2v) is 9.44. The van der Waals surface area contributed by atoms with Crippen LogP contribution in [0.5, 0.6) is 0 Å². The van der Waals surface area contributed by atoms with Gasteiger partial charge in [-0.2, -0.15) is 0 Å². The van der Waals surface area contributed by atoms with Crippen LogP contribution >= 0.6 is 15.9 Å². The van der Waals surface area contributed by atoms with Crippen molar-refractivity contribution in [2.24, 2.45) is 5.92 Å². The molecule has 0 bridgehead atoms. The van der Waals surface area contributed by atoms with Gasteiger partial charge in [0.2, 0.25) is 15.9 Å². The fourth-order valence-corrected chi connectivity index (χ4v) is 4.35. The van der Waals surface area contributed by atoms with Gasteiger partial charge < -0.3 is 5.32 Å². The highest BCUT2D eigenvalue weighted by molar-refractivity contribution is 9.10. The van der Waals surface area contributed by atoms with Crippen LogP contribution in [0.2, 0.25) is 0 Å². The van der Waals surface area contributed by atoms with Gasteiger partial charge in [0.15, 0.2) is 0 Å². The molecule has 3 rings (SSSR count). The molecule has 2 aliphatic rings. The first-order chi connectivity index (χ1) is 10.8. The van der Waals surface area contributed by atoms with E-state index in [-0.39, 0.29) is 17.4 Å². The smallest absolute Gasteiger partial charge is 0.225 e. The van der Waals surface area contributed by atoms with Crippen molar-refractivity contribution in [3.63, 3.8) is 0 Å². The van der Waals surface area contributed by atoms with Crippen LogP contribution in [0.4, 0.5) is 0 Å². The Kier molecular flexibility index (Phi) is 4.55. The van der Waals surface area contributed by atoms with Crippen LogP contribution in [-0.4, -0.2) is 38.0 Å². The fourth-order valence-electron chi connectivity index (χ4n) is 3.18. The maximum absolute atomic E-state index is 12.6. The monoisotopic (exact) mass is 400 g/mol. The maximum Gasteiger partial charge on any atom is 0.225 e. The molecule has 0 spiro atoms. The second kappa shape index (κ2) is 6.18. The number of sulfonamides is 1. The molecule has 1 aliphatic heterocycles. The van der Waals surface area contributed by atoms with Gasteiger partial charge in [0.25, 0.3) is 0 Å². The molecule has 1 amide bonds. The summed E-state index contributed by atoms with van der Waals surface area (Å²) in [5.41, 5.74) is 0.857. The van der Waals surface area contributed by atoms with E-state index in [9.17, 15) is 13.2 Å². The molecule has 126 valence electrons. The summed E-state index contributed by atoms with van der Waals surface area (Å²) in [7, 11) is -3.23. The molecule has 1 aliphatic carbocycles. The predicted octanol–water partition coefficient (Wildman–Crippen LogP) is 2.23. The Morgan fingerprint density at radius 3 is 2.52 bits per heavy atom.